The lowest BCUT2D eigenvalue weighted by atomic mass is 10.1. The van der Waals surface area contributed by atoms with E-state index in [9.17, 15) is 0 Å². The lowest BCUT2D eigenvalue weighted by molar-refractivity contribution is 1.31. The quantitative estimate of drug-likeness (QED) is 0.692. The van der Waals surface area contributed by atoms with E-state index >= 15 is 0 Å². The van der Waals surface area contributed by atoms with Crippen LogP contribution in [0.25, 0.3) is 22.3 Å². The molecule has 1 aromatic rings. The molecule has 0 saturated carbocycles. The van der Waals surface area contributed by atoms with Crippen molar-refractivity contribution in [1.29, 1.82) is 0 Å². The lowest BCUT2D eigenvalue weighted by Crippen LogP contribution is -2.33. The van der Waals surface area contributed by atoms with Crippen LogP contribution in [-0.2, 0) is 0 Å². The van der Waals surface area contributed by atoms with Gasteiger partial charge in [-0.2, -0.15) is 0 Å². The summed E-state index contributed by atoms with van der Waals surface area (Å²) in [5.41, 5.74) is 2.98. The van der Waals surface area contributed by atoms with Gasteiger partial charge in [-0.25, -0.2) is 9.97 Å². The minimum atomic E-state index is -1.43. The topological polar surface area (TPSA) is 53.6 Å². The van der Waals surface area contributed by atoms with Crippen molar-refractivity contribution in [2.45, 2.75) is 19.6 Å². The molecule has 2 aliphatic rings. The Labute approximate surface area is 107 Å². The number of pyridine rings is 1. The Morgan fingerprint density at radius 2 is 1.78 bits per heavy atom. The monoisotopic (exact) mass is 256 g/mol. The molecule has 2 N–H and O–H groups in total. The predicted octanol–water partition coefficient (Wildman–Crippen LogP) is 3.31. The average Bonchev–Trinajstić information content (AvgIpc) is 2.76. The highest BCUT2D eigenvalue weighted by atomic mass is 28.3. The molecule has 0 spiro atoms. The number of anilines is 1. The van der Waals surface area contributed by atoms with Crippen LogP contribution in [-0.4, -0.2) is 23.2 Å². The van der Waals surface area contributed by atoms with Crippen molar-refractivity contribution in [2.75, 3.05) is 4.98 Å². The largest absolute Gasteiger partial charge is 0.396 e. The Bertz CT molecular complexity index is 668. The summed E-state index contributed by atoms with van der Waals surface area (Å²) in [6.45, 7) is 6.79. The molecule has 5 heteroatoms. The first-order chi connectivity index (χ1) is 8.54. The second-order valence-electron chi connectivity index (χ2n) is 5.49. The molecule has 0 aromatic heterocycles. The smallest absolute Gasteiger partial charge is 0.145 e. The highest BCUT2D eigenvalue weighted by molar-refractivity contribution is 6.79. The van der Waals surface area contributed by atoms with E-state index in [1.165, 1.54) is 0 Å². The van der Waals surface area contributed by atoms with E-state index in [4.69, 9.17) is 0 Å². The zero-order chi connectivity index (χ0) is 12.8. The third kappa shape index (κ3) is 1.86. The minimum Gasteiger partial charge on any atom is -0.396 e. The zero-order valence-corrected chi connectivity index (χ0v) is 11.8. The Balaban J connectivity index is 2.27. The van der Waals surface area contributed by atoms with Gasteiger partial charge in [0.1, 0.15) is 31.8 Å². The molecular weight excluding hydrogens is 240 g/mol. The first kappa shape index (κ1) is 11.2. The first-order valence-corrected chi connectivity index (χ1v) is 9.54. The number of aromatic nitrogens is 3. The van der Waals surface area contributed by atoms with Crippen molar-refractivity contribution in [3.8, 4) is 11.4 Å². The number of H-pyrrole nitrogens is 1. The van der Waals surface area contributed by atoms with Crippen molar-refractivity contribution in [3.05, 3.63) is 30.6 Å². The van der Waals surface area contributed by atoms with E-state index in [-0.39, 0.29) is 0 Å². The number of imidazole rings is 1. The van der Waals surface area contributed by atoms with Gasteiger partial charge in [-0.1, -0.05) is 37.8 Å². The van der Waals surface area contributed by atoms with Gasteiger partial charge in [-0.15, -0.1) is 0 Å². The number of para-hydroxylation sites is 1. The third-order valence-corrected chi connectivity index (χ3v) is 3.78. The SMILES string of the molecule is C[Si](C)(C)Nc1[nH]c2ccccc2c2ncnc1-2. The number of hydrogen-bond donors (Lipinski definition) is 2. The van der Waals surface area contributed by atoms with Gasteiger partial charge in [0.25, 0.3) is 0 Å². The van der Waals surface area contributed by atoms with Crippen LogP contribution in [0.15, 0.2) is 30.6 Å². The third-order valence-electron chi connectivity index (χ3n) is 2.78. The van der Waals surface area contributed by atoms with Crippen LogP contribution < -0.4 is 4.98 Å². The van der Waals surface area contributed by atoms with Gasteiger partial charge in [0.15, 0.2) is 0 Å². The summed E-state index contributed by atoms with van der Waals surface area (Å²) in [6, 6.07) is 8.19. The minimum absolute atomic E-state index is 0.927. The van der Waals surface area contributed by atoms with Gasteiger partial charge in [0.2, 0.25) is 0 Å². The fourth-order valence-corrected chi connectivity index (χ4v) is 3.04. The summed E-state index contributed by atoms with van der Waals surface area (Å²) in [5, 5.41) is 1.12. The van der Waals surface area contributed by atoms with E-state index in [1.54, 1.807) is 6.33 Å². The molecule has 0 amide bonds. The Morgan fingerprint density at radius 1 is 1.06 bits per heavy atom. The van der Waals surface area contributed by atoms with Crippen molar-refractivity contribution in [3.63, 3.8) is 0 Å². The lowest BCUT2D eigenvalue weighted by Gasteiger charge is -2.21. The van der Waals surface area contributed by atoms with Crippen molar-refractivity contribution in [2.24, 2.45) is 0 Å². The van der Waals surface area contributed by atoms with Crippen LogP contribution in [0, 0.1) is 0 Å². The highest BCUT2D eigenvalue weighted by Gasteiger charge is 2.21. The number of nitrogens with one attached hydrogen (secondary N) is 2. The molecule has 0 aliphatic carbocycles. The fourth-order valence-electron chi connectivity index (χ4n) is 2.10. The summed E-state index contributed by atoms with van der Waals surface area (Å²) in [6.07, 6.45) is 1.63. The van der Waals surface area contributed by atoms with Crippen LogP contribution in [0.5, 0.6) is 0 Å². The van der Waals surface area contributed by atoms with Gasteiger partial charge in [-0.05, 0) is 6.07 Å². The van der Waals surface area contributed by atoms with Crippen LogP contribution in [0.4, 0.5) is 5.82 Å². The molecule has 0 saturated heterocycles. The zero-order valence-electron chi connectivity index (χ0n) is 10.8. The van der Waals surface area contributed by atoms with Crippen LogP contribution in [0.1, 0.15) is 0 Å². The second-order valence-corrected chi connectivity index (χ2v) is 10.2. The second kappa shape index (κ2) is 3.81. The standard InChI is InChI=1S/C13H16N4Si/c1-18(2,3)17-13-12-11(14-8-15-12)9-6-4-5-7-10(9)16-13/h4-8,16-17H,1-3H3. The van der Waals surface area contributed by atoms with Gasteiger partial charge < -0.3 is 9.97 Å². The summed E-state index contributed by atoms with van der Waals surface area (Å²) in [5.74, 6) is 0.986. The molecule has 1 aromatic carbocycles. The van der Waals surface area contributed by atoms with E-state index in [0.717, 1.165) is 28.1 Å². The molecule has 0 fully saturated rings. The molecule has 0 atom stereocenters. The number of aromatic amines is 1. The fraction of sp³-hybridized carbons (Fsp3) is 0.231. The van der Waals surface area contributed by atoms with Crippen LogP contribution in [0.3, 0.4) is 0 Å². The number of rotatable bonds is 2. The van der Waals surface area contributed by atoms with Gasteiger partial charge in [0, 0.05) is 10.9 Å². The number of nitrogens with zero attached hydrogens (tertiary/aromatic N) is 2. The van der Waals surface area contributed by atoms with Gasteiger partial charge in [0.05, 0.1) is 0 Å². The Hall–Kier alpha value is -1.88. The first-order valence-electron chi connectivity index (χ1n) is 6.04. The van der Waals surface area contributed by atoms with Crippen molar-refractivity contribution < 1.29 is 0 Å². The van der Waals surface area contributed by atoms with E-state index < -0.39 is 8.24 Å². The summed E-state index contributed by atoms with van der Waals surface area (Å²) in [7, 11) is -1.43. The van der Waals surface area contributed by atoms with E-state index in [0.29, 0.717) is 0 Å². The summed E-state index contributed by atoms with van der Waals surface area (Å²) in [4.78, 5) is 15.8. The number of benzene rings is 1. The average molecular weight is 256 g/mol. The molecule has 3 rings (SSSR count). The van der Waals surface area contributed by atoms with E-state index in [1.807, 2.05) is 12.1 Å². The predicted molar refractivity (Wildman–Crippen MR) is 77.5 cm³/mol. The Morgan fingerprint density at radius 3 is 2.56 bits per heavy atom. The van der Waals surface area contributed by atoms with Gasteiger partial charge >= 0.3 is 0 Å². The molecule has 2 aliphatic heterocycles. The molecular formula is C13H16N4Si. The van der Waals surface area contributed by atoms with Crippen LogP contribution >= 0.6 is 0 Å². The normalized spacial score (nSPS) is 12.2. The Kier molecular flexibility index (Phi) is 2.38. The molecule has 0 radical (unpaired) electrons. The van der Waals surface area contributed by atoms with E-state index in [2.05, 4.69) is 51.7 Å². The highest BCUT2D eigenvalue weighted by Crippen LogP contribution is 2.32. The molecule has 2 heterocycles. The number of hydrogen-bond acceptors (Lipinski definition) is 3. The summed E-state index contributed by atoms with van der Waals surface area (Å²) < 4.78 is 0. The van der Waals surface area contributed by atoms with Crippen molar-refractivity contribution in [1.82, 2.24) is 15.0 Å². The van der Waals surface area contributed by atoms with Crippen molar-refractivity contribution >= 4 is 25.0 Å². The summed E-state index contributed by atoms with van der Waals surface area (Å²) >= 11 is 0. The maximum atomic E-state index is 4.38. The molecule has 18 heavy (non-hydrogen) atoms. The maximum Gasteiger partial charge on any atom is 0.145 e. The molecule has 0 unspecified atom stereocenters. The van der Waals surface area contributed by atoms with Gasteiger partial charge in [-0.3, -0.25) is 0 Å². The molecule has 92 valence electrons. The molecule has 0 bridgehead atoms. The maximum absolute atomic E-state index is 4.38. The van der Waals surface area contributed by atoms with Crippen LogP contribution in [0.2, 0.25) is 19.6 Å². The number of fused-ring (bicyclic) bond motifs is 3. The molecule has 4 nitrogen and oxygen atoms in total.